The molecule has 150 valence electrons. The van der Waals surface area contributed by atoms with Gasteiger partial charge in [0.1, 0.15) is 5.76 Å². The van der Waals surface area contributed by atoms with Crippen LogP contribution < -0.4 is 14.8 Å². The van der Waals surface area contributed by atoms with Crippen LogP contribution >= 0.6 is 11.6 Å². The average Bonchev–Trinajstić information content (AvgIpc) is 3.19. The van der Waals surface area contributed by atoms with Crippen molar-refractivity contribution >= 4 is 29.5 Å². The summed E-state index contributed by atoms with van der Waals surface area (Å²) in [5.41, 5.74) is 0.675. The van der Waals surface area contributed by atoms with Gasteiger partial charge in [0, 0.05) is 13.1 Å². The number of carbonyl (C=O) groups excluding carboxylic acids is 2. The summed E-state index contributed by atoms with van der Waals surface area (Å²) in [6, 6.07) is 6.89. The van der Waals surface area contributed by atoms with Crippen LogP contribution in [0.3, 0.4) is 0 Å². The van der Waals surface area contributed by atoms with Gasteiger partial charge in [0.25, 0.3) is 0 Å². The first-order valence-electron chi connectivity index (χ1n) is 8.67. The molecule has 1 aromatic carbocycles. The molecule has 0 spiro atoms. The van der Waals surface area contributed by atoms with Gasteiger partial charge < -0.3 is 24.1 Å². The maximum Gasteiger partial charge on any atom is 0.246 e. The third-order valence-corrected chi connectivity index (χ3v) is 4.04. The Morgan fingerprint density at radius 2 is 2.14 bits per heavy atom. The lowest BCUT2D eigenvalue weighted by Crippen LogP contribution is -2.37. The lowest BCUT2D eigenvalue weighted by Gasteiger charge is -2.15. The Balaban J connectivity index is 1.94. The lowest BCUT2D eigenvalue weighted by molar-refractivity contribution is -0.131. The number of hydrogen-bond donors (Lipinski definition) is 1. The number of likely N-dealkylation sites (N-methyl/N-ethyl adjacent to an activating group) is 1. The predicted octanol–water partition coefficient (Wildman–Crippen LogP) is 3.13. The Morgan fingerprint density at radius 3 is 2.79 bits per heavy atom. The van der Waals surface area contributed by atoms with Crippen LogP contribution in [0.5, 0.6) is 11.5 Å². The summed E-state index contributed by atoms with van der Waals surface area (Å²) in [6.45, 7) is 2.50. The van der Waals surface area contributed by atoms with Gasteiger partial charge in [-0.3, -0.25) is 9.59 Å². The van der Waals surface area contributed by atoms with Crippen molar-refractivity contribution in [3.8, 4) is 11.5 Å². The van der Waals surface area contributed by atoms with E-state index in [1.54, 1.807) is 37.4 Å². The largest absolute Gasteiger partial charge is 0.493 e. The van der Waals surface area contributed by atoms with Gasteiger partial charge in [0.05, 0.1) is 38.1 Å². The first-order chi connectivity index (χ1) is 13.4. The second-order valence-corrected chi connectivity index (χ2v) is 6.26. The zero-order valence-electron chi connectivity index (χ0n) is 16.0. The van der Waals surface area contributed by atoms with Gasteiger partial charge in [-0.25, -0.2) is 0 Å². The molecule has 0 unspecified atom stereocenters. The number of furan rings is 1. The van der Waals surface area contributed by atoms with Crippen LogP contribution in [0.2, 0.25) is 5.02 Å². The van der Waals surface area contributed by atoms with E-state index in [1.165, 1.54) is 24.3 Å². The predicted molar refractivity (Wildman–Crippen MR) is 106 cm³/mol. The molecule has 0 bridgehead atoms. The lowest BCUT2D eigenvalue weighted by atomic mass is 10.2. The van der Waals surface area contributed by atoms with Crippen molar-refractivity contribution in [2.75, 3.05) is 27.3 Å². The molecule has 0 aliphatic rings. The van der Waals surface area contributed by atoms with E-state index in [0.717, 1.165) is 0 Å². The molecule has 7 nitrogen and oxygen atoms in total. The summed E-state index contributed by atoms with van der Waals surface area (Å²) in [5.74, 6) is 0.972. The third kappa shape index (κ3) is 6.06. The van der Waals surface area contributed by atoms with Gasteiger partial charge in [-0.05, 0) is 42.8 Å². The summed E-state index contributed by atoms with van der Waals surface area (Å²) in [6.07, 6.45) is 4.50. The molecule has 2 aromatic rings. The highest BCUT2D eigenvalue weighted by atomic mass is 35.5. The fraction of sp³-hybridized carbons (Fsp3) is 0.300. The minimum Gasteiger partial charge on any atom is -0.493 e. The van der Waals surface area contributed by atoms with Crippen molar-refractivity contribution < 1.29 is 23.5 Å². The second kappa shape index (κ2) is 10.4. The SMILES string of the molecule is CCOc1c(Cl)cc(/C=C/C(=O)N(C)CC(=O)NCc2ccco2)cc1OC. The smallest absolute Gasteiger partial charge is 0.246 e. The van der Waals surface area contributed by atoms with Gasteiger partial charge in [0.15, 0.2) is 11.5 Å². The van der Waals surface area contributed by atoms with Crippen molar-refractivity contribution in [2.24, 2.45) is 0 Å². The molecule has 2 amide bonds. The van der Waals surface area contributed by atoms with E-state index in [0.29, 0.717) is 34.5 Å². The Bertz CT molecular complexity index is 833. The highest BCUT2D eigenvalue weighted by Crippen LogP contribution is 2.36. The summed E-state index contributed by atoms with van der Waals surface area (Å²) >= 11 is 6.22. The van der Waals surface area contributed by atoms with E-state index in [2.05, 4.69) is 5.32 Å². The Kier molecular flexibility index (Phi) is 7.95. The number of amides is 2. The summed E-state index contributed by atoms with van der Waals surface area (Å²) in [5, 5.41) is 3.07. The van der Waals surface area contributed by atoms with Crippen LogP contribution in [0.15, 0.2) is 41.0 Å². The molecule has 2 rings (SSSR count). The molecule has 8 heteroatoms. The first kappa shape index (κ1) is 21.4. The molecule has 0 atom stereocenters. The minimum absolute atomic E-state index is 0.0722. The van der Waals surface area contributed by atoms with Crippen LogP contribution in [0.4, 0.5) is 0 Å². The monoisotopic (exact) mass is 406 g/mol. The van der Waals surface area contributed by atoms with E-state index in [-0.39, 0.29) is 24.9 Å². The summed E-state index contributed by atoms with van der Waals surface area (Å²) in [7, 11) is 3.06. The number of carbonyl (C=O) groups is 2. The highest BCUT2D eigenvalue weighted by molar-refractivity contribution is 6.32. The van der Waals surface area contributed by atoms with Gasteiger partial charge in [-0.15, -0.1) is 0 Å². The zero-order chi connectivity index (χ0) is 20.5. The van der Waals surface area contributed by atoms with Gasteiger partial charge >= 0.3 is 0 Å². The molecule has 1 heterocycles. The fourth-order valence-electron chi connectivity index (χ4n) is 2.36. The number of rotatable bonds is 9. The second-order valence-electron chi connectivity index (χ2n) is 5.85. The Morgan fingerprint density at radius 1 is 1.36 bits per heavy atom. The molecular weight excluding hydrogens is 384 g/mol. The van der Waals surface area contributed by atoms with Crippen LogP contribution in [-0.2, 0) is 16.1 Å². The van der Waals surface area contributed by atoms with Crippen LogP contribution in [0.25, 0.3) is 6.08 Å². The van der Waals surface area contributed by atoms with E-state index in [1.807, 2.05) is 6.92 Å². The van der Waals surface area contributed by atoms with E-state index in [4.69, 9.17) is 25.5 Å². The molecule has 0 aliphatic heterocycles. The molecular formula is C20H23ClN2O5. The minimum atomic E-state index is -0.322. The number of nitrogens with one attached hydrogen (secondary N) is 1. The van der Waals surface area contributed by atoms with Crippen molar-refractivity contribution in [1.82, 2.24) is 10.2 Å². The molecule has 0 fully saturated rings. The maximum atomic E-state index is 12.2. The molecule has 1 N–H and O–H groups in total. The van der Waals surface area contributed by atoms with Crippen molar-refractivity contribution in [3.05, 3.63) is 53.0 Å². The van der Waals surface area contributed by atoms with Gasteiger partial charge in [0.2, 0.25) is 11.8 Å². The number of nitrogens with zero attached hydrogens (tertiary/aromatic N) is 1. The number of methoxy groups -OCH3 is 1. The summed E-state index contributed by atoms with van der Waals surface area (Å²) in [4.78, 5) is 25.5. The quantitative estimate of drug-likeness (QED) is 0.647. The normalized spacial score (nSPS) is 10.7. The van der Waals surface area contributed by atoms with E-state index in [9.17, 15) is 9.59 Å². The standard InChI is InChI=1S/C20H23ClN2O5/c1-4-27-20-16(21)10-14(11-17(20)26-3)7-8-19(25)23(2)13-18(24)22-12-15-6-5-9-28-15/h5-11H,4,12-13H2,1-3H3,(H,22,24)/b8-7+. The van der Waals surface area contributed by atoms with Crippen LogP contribution in [-0.4, -0.2) is 44.0 Å². The van der Waals surface area contributed by atoms with Gasteiger partial charge in [-0.2, -0.15) is 0 Å². The Labute approximate surface area is 168 Å². The van der Waals surface area contributed by atoms with E-state index >= 15 is 0 Å². The van der Waals surface area contributed by atoms with E-state index < -0.39 is 0 Å². The van der Waals surface area contributed by atoms with Crippen molar-refractivity contribution in [2.45, 2.75) is 13.5 Å². The zero-order valence-corrected chi connectivity index (χ0v) is 16.8. The topological polar surface area (TPSA) is 81.0 Å². The first-order valence-corrected chi connectivity index (χ1v) is 9.05. The Hall–Kier alpha value is -2.93. The highest BCUT2D eigenvalue weighted by Gasteiger charge is 2.13. The molecule has 0 saturated heterocycles. The number of hydrogen-bond acceptors (Lipinski definition) is 5. The van der Waals surface area contributed by atoms with Gasteiger partial charge in [-0.1, -0.05) is 11.6 Å². The molecule has 0 radical (unpaired) electrons. The molecule has 28 heavy (non-hydrogen) atoms. The number of ether oxygens (including phenoxy) is 2. The third-order valence-electron chi connectivity index (χ3n) is 3.76. The average molecular weight is 407 g/mol. The number of benzene rings is 1. The fourth-order valence-corrected chi connectivity index (χ4v) is 2.64. The molecule has 0 aliphatic carbocycles. The molecule has 0 saturated carbocycles. The molecule has 1 aromatic heterocycles. The summed E-state index contributed by atoms with van der Waals surface area (Å²) < 4.78 is 15.9. The van der Waals surface area contributed by atoms with Crippen molar-refractivity contribution in [3.63, 3.8) is 0 Å². The maximum absolute atomic E-state index is 12.2. The number of halogens is 1. The van der Waals surface area contributed by atoms with Crippen LogP contribution in [0, 0.1) is 0 Å². The van der Waals surface area contributed by atoms with Crippen LogP contribution in [0.1, 0.15) is 18.2 Å². The van der Waals surface area contributed by atoms with Crippen molar-refractivity contribution in [1.29, 1.82) is 0 Å².